The third kappa shape index (κ3) is 8.14. The molecule has 0 saturated carbocycles. The van der Waals surface area contributed by atoms with Crippen molar-refractivity contribution in [2.75, 3.05) is 42.1 Å². The third-order valence-corrected chi connectivity index (χ3v) is 7.38. The van der Waals surface area contributed by atoms with E-state index in [1.807, 2.05) is 4.90 Å². The van der Waals surface area contributed by atoms with Gasteiger partial charge in [0.15, 0.2) is 0 Å². The van der Waals surface area contributed by atoms with Crippen molar-refractivity contribution in [3.8, 4) is 0 Å². The highest BCUT2D eigenvalue weighted by Crippen LogP contribution is 2.30. The van der Waals surface area contributed by atoms with Crippen LogP contribution in [0.5, 0.6) is 0 Å². The maximum atomic E-state index is 13.7. The summed E-state index contributed by atoms with van der Waals surface area (Å²) < 4.78 is 65.7. The highest BCUT2D eigenvalue weighted by molar-refractivity contribution is 7.92. The first-order valence-corrected chi connectivity index (χ1v) is 14.9. The van der Waals surface area contributed by atoms with Crippen molar-refractivity contribution >= 4 is 44.8 Å². The van der Waals surface area contributed by atoms with Crippen molar-refractivity contribution in [2.45, 2.75) is 18.6 Å². The fourth-order valence-corrected chi connectivity index (χ4v) is 5.26. The fourth-order valence-electron chi connectivity index (χ4n) is 4.56. The summed E-state index contributed by atoms with van der Waals surface area (Å²) in [6, 6.07) is 16.6. The van der Waals surface area contributed by atoms with E-state index in [2.05, 4.69) is 10.0 Å². The van der Waals surface area contributed by atoms with Gasteiger partial charge in [-0.25, -0.2) is 8.42 Å². The second-order valence-corrected chi connectivity index (χ2v) is 11.8. The van der Waals surface area contributed by atoms with E-state index in [1.54, 1.807) is 53.4 Å². The molecule has 1 saturated heterocycles. The second kappa shape index (κ2) is 12.4. The summed E-state index contributed by atoms with van der Waals surface area (Å²) in [5.41, 5.74) is 0.613. The Hall–Kier alpha value is -3.77. The summed E-state index contributed by atoms with van der Waals surface area (Å²) in [7, 11) is -3.50. The van der Waals surface area contributed by atoms with E-state index in [9.17, 15) is 31.2 Å². The molecule has 1 atom stereocenters. The molecular weight excluding hydrogens is 581 g/mol. The zero-order chi connectivity index (χ0) is 29.8. The number of amides is 2. The smallest absolute Gasteiger partial charge is 0.366 e. The molecular formula is C28H28ClF3N4O4S. The maximum absolute atomic E-state index is 13.7. The van der Waals surface area contributed by atoms with Crippen LogP contribution in [0.3, 0.4) is 0 Å². The van der Waals surface area contributed by atoms with Gasteiger partial charge in [0.25, 0.3) is 5.91 Å². The quantitative estimate of drug-likeness (QED) is 0.395. The van der Waals surface area contributed by atoms with Gasteiger partial charge in [0.05, 0.1) is 23.2 Å². The number of carbonyl (C=O) groups excluding carboxylic acids is 2. The highest BCUT2D eigenvalue weighted by Gasteiger charge is 2.33. The Kier molecular flexibility index (Phi) is 9.13. The molecule has 8 nitrogen and oxygen atoms in total. The lowest BCUT2D eigenvalue weighted by molar-refractivity contribution is -0.137. The van der Waals surface area contributed by atoms with E-state index in [0.717, 1.165) is 24.5 Å². The summed E-state index contributed by atoms with van der Waals surface area (Å²) in [6.45, 7) is 1.35. The van der Waals surface area contributed by atoms with Gasteiger partial charge in [-0.3, -0.25) is 14.3 Å². The minimum atomic E-state index is -4.62. The number of nitrogens with one attached hydrogen (secondary N) is 2. The number of alkyl halides is 3. The van der Waals surface area contributed by atoms with Crippen molar-refractivity contribution in [1.29, 1.82) is 0 Å². The van der Waals surface area contributed by atoms with Crippen LogP contribution in [0.1, 0.15) is 21.5 Å². The van der Waals surface area contributed by atoms with Gasteiger partial charge in [0, 0.05) is 43.2 Å². The number of piperazine rings is 1. The number of hydrogen-bond acceptors (Lipinski definition) is 5. The molecule has 0 aliphatic carbocycles. The molecule has 1 unspecified atom stereocenters. The van der Waals surface area contributed by atoms with Crippen molar-refractivity contribution in [2.24, 2.45) is 0 Å². The van der Waals surface area contributed by atoms with Crippen LogP contribution in [0.15, 0.2) is 72.8 Å². The average Bonchev–Trinajstić information content (AvgIpc) is 2.92. The molecule has 0 bridgehead atoms. The van der Waals surface area contributed by atoms with Crippen LogP contribution >= 0.6 is 11.6 Å². The predicted molar refractivity (Wildman–Crippen MR) is 152 cm³/mol. The zero-order valence-corrected chi connectivity index (χ0v) is 23.6. The van der Waals surface area contributed by atoms with E-state index in [-0.39, 0.29) is 31.0 Å². The molecule has 1 aliphatic rings. The van der Waals surface area contributed by atoms with E-state index in [4.69, 9.17) is 11.6 Å². The first kappa shape index (κ1) is 30.2. The molecule has 3 aromatic carbocycles. The number of anilines is 2. The summed E-state index contributed by atoms with van der Waals surface area (Å²) in [5.74, 6) is -1.19. The van der Waals surface area contributed by atoms with Crippen molar-refractivity contribution in [3.05, 3.63) is 94.5 Å². The average molecular weight is 609 g/mol. The molecule has 1 aliphatic heterocycles. The van der Waals surface area contributed by atoms with Gasteiger partial charge in [0.2, 0.25) is 15.9 Å². The van der Waals surface area contributed by atoms with Gasteiger partial charge in [-0.2, -0.15) is 13.2 Å². The monoisotopic (exact) mass is 608 g/mol. The van der Waals surface area contributed by atoms with Crippen LogP contribution in [0.2, 0.25) is 5.02 Å². The van der Waals surface area contributed by atoms with Crippen LogP contribution in [0, 0.1) is 0 Å². The molecule has 1 heterocycles. The number of nitrogens with zero attached hydrogens (tertiary/aromatic N) is 2. The summed E-state index contributed by atoms with van der Waals surface area (Å²) in [4.78, 5) is 30.2. The molecule has 218 valence electrons. The molecule has 1 fully saturated rings. The lowest BCUT2D eigenvalue weighted by atomic mass is 10.0. The Bertz CT molecular complexity index is 1510. The van der Waals surface area contributed by atoms with Crippen LogP contribution in [-0.4, -0.2) is 63.6 Å². The van der Waals surface area contributed by atoms with Crippen LogP contribution in [0.25, 0.3) is 0 Å². The summed E-state index contributed by atoms with van der Waals surface area (Å²) >= 11 is 5.98. The van der Waals surface area contributed by atoms with Crippen molar-refractivity contribution in [3.63, 3.8) is 0 Å². The maximum Gasteiger partial charge on any atom is 0.416 e. The normalized spacial score (nSPS) is 14.9. The molecule has 13 heteroatoms. The van der Waals surface area contributed by atoms with Gasteiger partial charge in [-0.15, -0.1) is 0 Å². The van der Waals surface area contributed by atoms with Gasteiger partial charge >= 0.3 is 6.18 Å². The van der Waals surface area contributed by atoms with E-state index in [1.165, 1.54) is 6.07 Å². The first-order chi connectivity index (χ1) is 19.3. The molecule has 0 aromatic heterocycles. The molecule has 2 amide bonds. The number of sulfonamides is 1. The third-order valence-electron chi connectivity index (χ3n) is 6.54. The molecule has 4 rings (SSSR count). The number of halogens is 4. The minimum Gasteiger partial charge on any atom is -0.366 e. The Morgan fingerprint density at radius 1 is 0.951 bits per heavy atom. The van der Waals surface area contributed by atoms with Gasteiger partial charge in [-0.1, -0.05) is 41.9 Å². The number of benzene rings is 3. The first-order valence-electron chi connectivity index (χ1n) is 12.6. The molecule has 3 aromatic rings. The Balaban J connectivity index is 1.51. The number of rotatable bonds is 8. The molecule has 0 spiro atoms. The zero-order valence-electron chi connectivity index (χ0n) is 22.0. The Morgan fingerprint density at radius 2 is 1.61 bits per heavy atom. The van der Waals surface area contributed by atoms with E-state index in [0.29, 0.717) is 35.1 Å². The van der Waals surface area contributed by atoms with Crippen molar-refractivity contribution in [1.82, 2.24) is 10.2 Å². The van der Waals surface area contributed by atoms with Gasteiger partial charge < -0.3 is 15.1 Å². The van der Waals surface area contributed by atoms with Gasteiger partial charge in [0.1, 0.15) is 6.04 Å². The Labute approximate surface area is 241 Å². The predicted octanol–water partition coefficient (Wildman–Crippen LogP) is 4.42. The molecule has 2 N–H and O–H groups in total. The van der Waals surface area contributed by atoms with E-state index < -0.39 is 33.7 Å². The van der Waals surface area contributed by atoms with E-state index >= 15 is 0 Å². The summed E-state index contributed by atoms with van der Waals surface area (Å²) in [6.07, 6.45) is -3.46. The minimum absolute atomic E-state index is 0.0992. The lowest BCUT2D eigenvalue weighted by Gasteiger charge is -2.38. The second-order valence-electron chi connectivity index (χ2n) is 9.64. The SMILES string of the molecule is CS(=O)(=O)Nc1ccccc1N1CCN(C(=O)C(Cc2ccc(Cl)cc2)NC(=O)c2cccc(C(F)(F)F)c2)CC1. The summed E-state index contributed by atoms with van der Waals surface area (Å²) in [5, 5.41) is 3.12. The highest BCUT2D eigenvalue weighted by atomic mass is 35.5. The molecule has 41 heavy (non-hydrogen) atoms. The van der Waals surface area contributed by atoms with Crippen molar-refractivity contribution < 1.29 is 31.2 Å². The number of para-hydroxylation sites is 2. The van der Waals surface area contributed by atoms with Gasteiger partial charge in [-0.05, 0) is 48.0 Å². The largest absolute Gasteiger partial charge is 0.416 e. The van der Waals surface area contributed by atoms with Crippen LogP contribution in [0.4, 0.5) is 24.5 Å². The van der Waals surface area contributed by atoms with Crippen LogP contribution in [-0.2, 0) is 27.4 Å². The standard InChI is InChI=1S/C28H28ClF3N4O4S/c1-41(39,40)34-23-7-2-3-8-25(23)35-13-15-36(16-14-35)27(38)24(17-19-9-11-22(29)12-10-19)33-26(37)20-5-4-6-21(18-20)28(30,31)32/h2-12,18,24,34H,13-17H2,1H3,(H,33,37). The topological polar surface area (TPSA) is 98.8 Å². The Morgan fingerprint density at radius 3 is 2.24 bits per heavy atom. The van der Waals surface area contributed by atoms with Crippen LogP contribution < -0.4 is 14.9 Å². The fraction of sp³-hybridized carbons (Fsp3) is 0.286. The number of carbonyl (C=O) groups is 2. The molecule has 0 radical (unpaired) electrons. The number of hydrogen-bond donors (Lipinski definition) is 2. The lowest BCUT2D eigenvalue weighted by Crippen LogP contribution is -2.55.